The minimum Gasteiger partial charge on any atom is -0.497 e. The summed E-state index contributed by atoms with van der Waals surface area (Å²) >= 11 is 0. The molecule has 0 saturated carbocycles. The summed E-state index contributed by atoms with van der Waals surface area (Å²) in [6, 6.07) is 32.5. The van der Waals surface area contributed by atoms with Gasteiger partial charge in [-0.15, -0.1) is 0 Å². The van der Waals surface area contributed by atoms with Gasteiger partial charge in [-0.1, -0.05) is 41.9 Å². The van der Waals surface area contributed by atoms with Crippen LogP contribution in [0.3, 0.4) is 0 Å². The smallest absolute Gasteiger partial charge is 0.119 e. The molecule has 0 spiro atoms. The van der Waals surface area contributed by atoms with Crippen molar-refractivity contribution in [1.82, 2.24) is 0 Å². The molecule has 0 N–H and O–H groups in total. The van der Waals surface area contributed by atoms with Gasteiger partial charge in [-0.2, -0.15) is 0 Å². The van der Waals surface area contributed by atoms with E-state index in [4.69, 9.17) is 17.3 Å². The second-order valence-electron chi connectivity index (χ2n) is 6.90. The highest BCUT2D eigenvalue weighted by molar-refractivity contribution is 6.32. The maximum Gasteiger partial charge on any atom is 0.119 e. The van der Waals surface area contributed by atoms with Gasteiger partial charge < -0.3 is 14.4 Å². The second kappa shape index (κ2) is 8.79. The summed E-state index contributed by atoms with van der Waals surface area (Å²) in [5.74, 6) is 1.65. The SMILES string of the molecule is [B]c1ccc(-c2ccc(N(c3ccc(OC)cc3)c3ccc(OC)cc3)cc2)cc1. The number of methoxy groups -OCH3 is 2. The first-order valence-corrected chi connectivity index (χ1v) is 9.72. The van der Waals surface area contributed by atoms with E-state index in [1.165, 1.54) is 0 Å². The second-order valence-corrected chi connectivity index (χ2v) is 6.90. The lowest BCUT2D eigenvalue weighted by atomic mass is 9.94. The first-order chi connectivity index (χ1) is 14.7. The van der Waals surface area contributed by atoms with Crippen molar-refractivity contribution in [2.24, 2.45) is 0 Å². The third-order valence-electron chi connectivity index (χ3n) is 5.03. The van der Waals surface area contributed by atoms with Crippen LogP contribution in [-0.4, -0.2) is 22.1 Å². The van der Waals surface area contributed by atoms with Crippen LogP contribution in [0.25, 0.3) is 11.1 Å². The molecular weight excluding hydrogens is 369 g/mol. The van der Waals surface area contributed by atoms with Gasteiger partial charge >= 0.3 is 0 Å². The third kappa shape index (κ3) is 4.18. The van der Waals surface area contributed by atoms with Gasteiger partial charge in [0.05, 0.1) is 14.2 Å². The summed E-state index contributed by atoms with van der Waals surface area (Å²) in [7, 11) is 9.16. The number of rotatable bonds is 6. The zero-order valence-electron chi connectivity index (χ0n) is 17.1. The standard InChI is InChI=1S/C26H22BNO2/c1-29-25-15-11-23(12-16-25)28(24-13-17-26(30-2)18-14-24)22-9-5-20(6-10-22)19-3-7-21(27)8-4-19/h3-18H,1-2H3. The molecule has 146 valence electrons. The molecule has 2 radical (unpaired) electrons. The monoisotopic (exact) mass is 391 g/mol. The number of benzene rings is 4. The lowest BCUT2D eigenvalue weighted by Gasteiger charge is -2.26. The Labute approximate surface area is 178 Å². The number of hydrogen-bond donors (Lipinski definition) is 0. The molecule has 0 aliphatic heterocycles. The molecule has 0 aliphatic carbocycles. The maximum absolute atomic E-state index is 5.81. The topological polar surface area (TPSA) is 21.7 Å². The van der Waals surface area contributed by atoms with Crippen molar-refractivity contribution < 1.29 is 9.47 Å². The average Bonchev–Trinajstić information content (AvgIpc) is 2.81. The van der Waals surface area contributed by atoms with Crippen LogP contribution in [0.1, 0.15) is 0 Å². The number of ether oxygens (including phenoxy) is 2. The van der Waals surface area contributed by atoms with Crippen LogP contribution in [0.15, 0.2) is 97.1 Å². The molecule has 0 bridgehead atoms. The van der Waals surface area contributed by atoms with Crippen LogP contribution in [0, 0.1) is 0 Å². The molecule has 30 heavy (non-hydrogen) atoms. The zero-order valence-corrected chi connectivity index (χ0v) is 17.1. The van der Waals surface area contributed by atoms with Gasteiger partial charge in [-0.05, 0) is 71.8 Å². The van der Waals surface area contributed by atoms with Crippen LogP contribution in [0.2, 0.25) is 0 Å². The van der Waals surface area contributed by atoms with Crippen LogP contribution in [-0.2, 0) is 0 Å². The molecule has 4 aromatic carbocycles. The van der Waals surface area contributed by atoms with Crippen molar-refractivity contribution in [3.63, 3.8) is 0 Å². The quantitative estimate of drug-likeness (QED) is 0.398. The van der Waals surface area contributed by atoms with E-state index in [2.05, 4.69) is 53.4 Å². The van der Waals surface area contributed by atoms with Gasteiger partial charge in [0.1, 0.15) is 19.3 Å². The van der Waals surface area contributed by atoms with Crippen LogP contribution >= 0.6 is 0 Å². The van der Waals surface area contributed by atoms with Gasteiger partial charge in [-0.3, -0.25) is 0 Å². The highest BCUT2D eigenvalue weighted by Crippen LogP contribution is 2.36. The number of hydrogen-bond acceptors (Lipinski definition) is 3. The Kier molecular flexibility index (Phi) is 5.76. The summed E-state index contributed by atoms with van der Waals surface area (Å²) in [5.41, 5.74) is 6.19. The van der Waals surface area contributed by atoms with E-state index in [1.54, 1.807) is 14.2 Å². The molecule has 0 aliphatic rings. The molecule has 0 heterocycles. The Hall–Kier alpha value is -3.66. The Morgan fingerprint density at radius 3 is 1.20 bits per heavy atom. The molecule has 0 fully saturated rings. The predicted molar refractivity (Wildman–Crippen MR) is 125 cm³/mol. The molecule has 0 saturated heterocycles. The molecule has 4 rings (SSSR count). The summed E-state index contributed by atoms with van der Waals surface area (Å²) in [4.78, 5) is 2.20. The van der Waals surface area contributed by atoms with Crippen LogP contribution in [0.5, 0.6) is 11.5 Å². The van der Waals surface area contributed by atoms with Crippen molar-refractivity contribution in [3.8, 4) is 22.6 Å². The number of anilines is 3. The van der Waals surface area contributed by atoms with E-state index >= 15 is 0 Å². The first kappa shape index (κ1) is 19.7. The van der Waals surface area contributed by atoms with Crippen molar-refractivity contribution in [2.45, 2.75) is 0 Å². The average molecular weight is 391 g/mol. The van der Waals surface area contributed by atoms with E-state index in [0.717, 1.165) is 45.2 Å². The van der Waals surface area contributed by atoms with Gasteiger partial charge in [0.2, 0.25) is 0 Å². The molecule has 4 heteroatoms. The maximum atomic E-state index is 5.81. The largest absolute Gasteiger partial charge is 0.497 e. The highest BCUT2D eigenvalue weighted by Gasteiger charge is 2.13. The van der Waals surface area contributed by atoms with E-state index in [0.29, 0.717) is 0 Å². The van der Waals surface area contributed by atoms with Gasteiger partial charge in [0.15, 0.2) is 0 Å². The van der Waals surface area contributed by atoms with Crippen molar-refractivity contribution in [3.05, 3.63) is 97.1 Å². The summed E-state index contributed by atoms with van der Waals surface area (Å²) in [5, 5.41) is 0. The zero-order chi connectivity index (χ0) is 20.9. The molecule has 3 nitrogen and oxygen atoms in total. The molecule has 4 aromatic rings. The first-order valence-electron chi connectivity index (χ1n) is 9.72. The Bertz CT molecular complexity index is 1040. The highest BCUT2D eigenvalue weighted by atomic mass is 16.5. The lowest BCUT2D eigenvalue weighted by Crippen LogP contribution is -2.09. The molecule has 0 aromatic heterocycles. The van der Waals surface area contributed by atoms with E-state index in [9.17, 15) is 0 Å². The van der Waals surface area contributed by atoms with Crippen molar-refractivity contribution in [1.29, 1.82) is 0 Å². The Morgan fingerprint density at radius 2 is 0.833 bits per heavy atom. The van der Waals surface area contributed by atoms with Crippen LogP contribution in [0.4, 0.5) is 17.1 Å². The summed E-state index contributed by atoms with van der Waals surface area (Å²) in [6.45, 7) is 0. The fourth-order valence-corrected chi connectivity index (χ4v) is 3.39. The van der Waals surface area contributed by atoms with Gasteiger partial charge in [0.25, 0.3) is 0 Å². The molecule has 0 amide bonds. The lowest BCUT2D eigenvalue weighted by molar-refractivity contribution is 0.415. The number of nitrogens with zero attached hydrogens (tertiary/aromatic N) is 1. The summed E-state index contributed by atoms with van der Waals surface area (Å²) in [6.07, 6.45) is 0. The fourth-order valence-electron chi connectivity index (χ4n) is 3.39. The van der Waals surface area contributed by atoms with E-state index in [-0.39, 0.29) is 0 Å². The minimum atomic E-state index is 0.764. The summed E-state index contributed by atoms with van der Waals surface area (Å²) < 4.78 is 10.6. The van der Waals surface area contributed by atoms with E-state index < -0.39 is 0 Å². The van der Waals surface area contributed by atoms with Crippen molar-refractivity contribution >= 4 is 30.4 Å². The molecule has 0 unspecified atom stereocenters. The Balaban J connectivity index is 1.73. The van der Waals surface area contributed by atoms with Crippen LogP contribution < -0.4 is 19.8 Å². The minimum absolute atomic E-state index is 0.764. The molecular formula is C26H22BNO2. The Morgan fingerprint density at radius 1 is 0.500 bits per heavy atom. The fraction of sp³-hybridized carbons (Fsp3) is 0.0769. The van der Waals surface area contributed by atoms with Crippen molar-refractivity contribution in [2.75, 3.05) is 19.1 Å². The van der Waals surface area contributed by atoms with E-state index in [1.807, 2.05) is 48.5 Å². The van der Waals surface area contributed by atoms with Gasteiger partial charge in [-0.25, -0.2) is 0 Å². The normalized spacial score (nSPS) is 10.5. The molecule has 0 atom stereocenters. The third-order valence-corrected chi connectivity index (χ3v) is 5.03. The van der Waals surface area contributed by atoms with Gasteiger partial charge in [0, 0.05) is 17.1 Å². The predicted octanol–water partition coefficient (Wildman–Crippen LogP) is 5.63.